The van der Waals surface area contributed by atoms with Crippen LogP contribution >= 0.6 is 0 Å². The third-order valence-electron chi connectivity index (χ3n) is 1.95. The fourth-order valence-corrected chi connectivity index (χ4v) is 1.09. The number of allylic oxidation sites excluding steroid dienone is 2. The van der Waals surface area contributed by atoms with Crippen molar-refractivity contribution in [3.63, 3.8) is 0 Å². The van der Waals surface area contributed by atoms with Gasteiger partial charge in [0.15, 0.2) is 28.8 Å². The summed E-state index contributed by atoms with van der Waals surface area (Å²) in [6, 6.07) is 3.86. The Kier molecular flexibility index (Phi) is 4.07. The molecule has 94 valence electrons. The second-order valence-electron chi connectivity index (χ2n) is 3.05. The van der Waals surface area contributed by atoms with Gasteiger partial charge in [-0.15, -0.1) is 0 Å². The zero-order valence-electron chi connectivity index (χ0n) is 8.93. The lowest BCUT2D eigenvalue weighted by Gasteiger charge is -2.08. The summed E-state index contributed by atoms with van der Waals surface area (Å²) in [6.07, 6.45) is 0. The molecule has 19 heavy (non-hydrogen) atoms. The van der Waals surface area contributed by atoms with Gasteiger partial charge in [0.05, 0.1) is 0 Å². The minimum atomic E-state index is -1.78. The predicted octanol–water partition coefficient (Wildman–Crippen LogP) is 2.48. The standard InChI is InChI=1S/C11H2F4N4/c12-6-1-7(13)10(15)11(9(6)14)19-8(4-18)5(2-16)3-17/h1,19H. The van der Waals surface area contributed by atoms with Gasteiger partial charge in [0.25, 0.3) is 0 Å². The predicted molar refractivity (Wildman–Crippen MR) is 53.8 cm³/mol. The molecule has 0 saturated carbocycles. The first kappa shape index (κ1) is 14.0. The molecule has 8 heteroatoms. The molecule has 0 aromatic heterocycles. The smallest absolute Gasteiger partial charge is 0.185 e. The SMILES string of the molecule is N#CC(C#N)=C(C#N)Nc1c(F)c(F)cc(F)c1F. The highest BCUT2D eigenvalue weighted by Gasteiger charge is 2.21. The lowest BCUT2D eigenvalue weighted by Crippen LogP contribution is -2.08. The van der Waals surface area contributed by atoms with Crippen LogP contribution in [0.4, 0.5) is 23.2 Å². The van der Waals surface area contributed by atoms with Gasteiger partial charge < -0.3 is 5.32 Å². The van der Waals surface area contributed by atoms with Crippen molar-refractivity contribution < 1.29 is 17.6 Å². The maximum absolute atomic E-state index is 13.3. The van der Waals surface area contributed by atoms with Gasteiger partial charge in [0.1, 0.15) is 29.6 Å². The Morgan fingerprint density at radius 1 is 0.895 bits per heavy atom. The average Bonchev–Trinajstić information content (AvgIpc) is 2.40. The molecule has 0 spiro atoms. The van der Waals surface area contributed by atoms with Gasteiger partial charge in [-0.25, -0.2) is 17.6 Å². The number of rotatable bonds is 2. The number of nitriles is 3. The normalized spacial score (nSPS) is 8.89. The Hall–Kier alpha value is -3.05. The number of nitrogens with zero attached hydrogens (tertiary/aromatic N) is 3. The number of hydrogen-bond acceptors (Lipinski definition) is 4. The Bertz CT molecular complexity index is 646. The molecular formula is C11H2F4N4. The Balaban J connectivity index is 3.45. The first-order valence-electron chi connectivity index (χ1n) is 4.50. The monoisotopic (exact) mass is 266 g/mol. The van der Waals surface area contributed by atoms with E-state index in [4.69, 9.17) is 15.8 Å². The summed E-state index contributed by atoms with van der Waals surface area (Å²) in [5.41, 5.74) is -2.91. The van der Waals surface area contributed by atoms with Crippen LogP contribution in [-0.2, 0) is 0 Å². The molecule has 1 rings (SSSR count). The summed E-state index contributed by atoms with van der Waals surface area (Å²) in [6.45, 7) is 0. The number of benzene rings is 1. The molecule has 0 bridgehead atoms. The zero-order chi connectivity index (χ0) is 14.6. The Morgan fingerprint density at radius 2 is 1.37 bits per heavy atom. The highest BCUT2D eigenvalue weighted by Crippen LogP contribution is 2.25. The Labute approximate surface area is 104 Å². The summed E-state index contributed by atoms with van der Waals surface area (Å²) in [5, 5.41) is 27.3. The molecule has 0 aliphatic carbocycles. The maximum Gasteiger partial charge on any atom is 0.185 e. The van der Waals surface area contributed by atoms with Gasteiger partial charge in [-0.3, -0.25) is 0 Å². The van der Waals surface area contributed by atoms with Crippen LogP contribution in [0, 0.1) is 57.3 Å². The summed E-state index contributed by atoms with van der Waals surface area (Å²) in [5.74, 6) is -6.92. The van der Waals surface area contributed by atoms with E-state index >= 15 is 0 Å². The van der Waals surface area contributed by atoms with Crippen molar-refractivity contribution in [1.29, 1.82) is 15.8 Å². The molecule has 0 fully saturated rings. The van der Waals surface area contributed by atoms with Gasteiger partial charge in [-0.2, -0.15) is 15.8 Å². The fraction of sp³-hybridized carbons (Fsp3) is 0. The minimum Gasteiger partial charge on any atom is -0.340 e. The third kappa shape index (κ3) is 2.62. The topological polar surface area (TPSA) is 83.4 Å². The van der Waals surface area contributed by atoms with Crippen molar-refractivity contribution >= 4 is 5.69 Å². The molecule has 0 radical (unpaired) electrons. The van der Waals surface area contributed by atoms with Crippen molar-refractivity contribution in [3.05, 3.63) is 40.6 Å². The van der Waals surface area contributed by atoms with Crippen molar-refractivity contribution in [1.82, 2.24) is 0 Å². The maximum atomic E-state index is 13.3. The Morgan fingerprint density at radius 3 is 1.74 bits per heavy atom. The second kappa shape index (κ2) is 5.52. The van der Waals surface area contributed by atoms with Gasteiger partial charge in [-0.05, 0) is 0 Å². The molecule has 0 aliphatic rings. The lowest BCUT2D eigenvalue weighted by molar-refractivity contribution is 0.459. The lowest BCUT2D eigenvalue weighted by atomic mass is 10.2. The molecule has 0 heterocycles. The van der Waals surface area contributed by atoms with Crippen LogP contribution in [0.3, 0.4) is 0 Å². The quantitative estimate of drug-likeness (QED) is 0.506. The van der Waals surface area contributed by atoms with Crippen LogP contribution in [0.2, 0.25) is 0 Å². The molecule has 0 unspecified atom stereocenters. The molecule has 0 saturated heterocycles. The molecule has 4 nitrogen and oxygen atoms in total. The van der Waals surface area contributed by atoms with E-state index < -0.39 is 40.2 Å². The van der Waals surface area contributed by atoms with E-state index in [0.29, 0.717) is 0 Å². The summed E-state index contributed by atoms with van der Waals surface area (Å²) < 4.78 is 52.3. The van der Waals surface area contributed by atoms with Crippen molar-refractivity contribution in [3.8, 4) is 18.2 Å². The van der Waals surface area contributed by atoms with E-state index in [-0.39, 0.29) is 6.07 Å². The van der Waals surface area contributed by atoms with Crippen LogP contribution in [0.25, 0.3) is 0 Å². The molecule has 1 aromatic carbocycles. The van der Waals surface area contributed by atoms with Crippen LogP contribution in [0.15, 0.2) is 17.3 Å². The largest absolute Gasteiger partial charge is 0.340 e. The second-order valence-corrected chi connectivity index (χ2v) is 3.05. The van der Waals surface area contributed by atoms with E-state index in [9.17, 15) is 17.6 Å². The number of nitrogens with one attached hydrogen (secondary N) is 1. The molecule has 0 amide bonds. The number of anilines is 1. The first-order valence-corrected chi connectivity index (χ1v) is 4.50. The van der Waals surface area contributed by atoms with E-state index in [1.54, 1.807) is 5.32 Å². The van der Waals surface area contributed by atoms with Crippen LogP contribution in [-0.4, -0.2) is 0 Å². The van der Waals surface area contributed by atoms with Crippen LogP contribution in [0.1, 0.15) is 0 Å². The molecule has 0 atom stereocenters. The first-order chi connectivity index (χ1) is 8.96. The molecule has 1 N–H and O–H groups in total. The van der Waals surface area contributed by atoms with E-state index in [0.717, 1.165) is 0 Å². The summed E-state index contributed by atoms with van der Waals surface area (Å²) in [7, 11) is 0. The number of halogens is 4. The van der Waals surface area contributed by atoms with Gasteiger partial charge in [0, 0.05) is 6.07 Å². The van der Waals surface area contributed by atoms with E-state index in [1.807, 2.05) is 0 Å². The van der Waals surface area contributed by atoms with Gasteiger partial charge in [-0.1, -0.05) is 0 Å². The third-order valence-corrected chi connectivity index (χ3v) is 1.95. The van der Waals surface area contributed by atoms with E-state index in [1.165, 1.54) is 18.2 Å². The van der Waals surface area contributed by atoms with Crippen LogP contribution < -0.4 is 5.32 Å². The summed E-state index contributed by atoms with van der Waals surface area (Å²) >= 11 is 0. The van der Waals surface area contributed by atoms with Crippen molar-refractivity contribution in [2.45, 2.75) is 0 Å². The van der Waals surface area contributed by atoms with Crippen molar-refractivity contribution in [2.24, 2.45) is 0 Å². The van der Waals surface area contributed by atoms with Gasteiger partial charge >= 0.3 is 0 Å². The zero-order valence-corrected chi connectivity index (χ0v) is 8.93. The van der Waals surface area contributed by atoms with E-state index in [2.05, 4.69) is 0 Å². The minimum absolute atomic E-state index is 0.0128. The highest BCUT2D eigenvalue weighted by atomic mass is 19.2. The average molecular weight is 266 g/mol. The van der Waals surface area contributed by atoms with Gasteiger partial charge in [0.2, 0.25) is 0 Å². The fourth-order valence-electron chi connectivity index (χ4n) is 1.09. The number of hydrogen-bond donors (Lipinski definition) is 1. The summed E-state index contributed by atoms with van der Waals surface area (Å²) in [4.78, 5) is 0. The van der Waals surface area contributed by atoms with Crippen LogP contribution in [0.5, 0.6) is 0 Å². The molecular weight excluding hydrogens is 264 g/mol. The molecule has 1 aromatic rings. The van der Waals surface area contributed by atoms with Crippen molar-refractivity contribution in [2.75, 3.05) is 5.32 Å². The molecule has 0 aliphatic heterocycles. The highest BCUT2D eigenvalue weighted by molar-refractivity contribution is 5.59.